The maximum absolute atomic E-state index is 10.4. The fourth-order valence-electron chi connectivity index (χ4n) is 0.410. The number of amides is 1. The van der Waals surface area contributed by atoms with E-state index >= 15 is 0 Å². The highest BCUT2D eigenvalue weighted by molar-refractivity contribution is 5.95. The standard InChI is InChI=1S/C4H5N3O/c5-1-3-2-6-7-4(3)8/h2H,1,5H2. The Balaban J connectivity index is 2.73. The molecule has 2 N–H and O–H groups in total. The summed E-state index contributed by atoms with van der Waals surface area (Å²) in [6.45, 7) is 0.228. The van der Waals surface area contributed by atoms with Crippen molar-refractivity contribution in [2.75, 3.05) is 6.54 Å². The van der Waals surface area contributed by atoms with Gasteiger partial charge in [0.2, 0.25) is 0 Å². The van der Waals surface area contributed by atoms with Gasteiger partial charge in [0.05, 0.1) is 11.8 Å². The fraction of sp³-hybridized carbons (Fsp3) is 0.250. The van der Waals surface area contributed by atoms with Crippen LogP contribution >= 0.6 is 0 Å². The van der Waals surface area contributed by atoms with Gasteiger partial charge in [0, 0.05) is 6.54 Å². The highest BCUT2D eigenvalue weighted by Crippen LogP contribution is 2.03. The fourth-order valence-corrected chi connectivity index (χ4v) is 0.410. The monoisotopic (exact) mass is 111 g/mol. The summed E-state index contributed by atoms with van der Waals surface area (Å²) in [4.78, 5) is 10.4. The molecule has 8 heavy (non-hydrogen) atoms. The van der Waals surface area contributed by atoms with E-state index in [-0.39, 0.29) is 12.5 Å². The topological polar surface area (TPSA) is 67.8 Å². The van der Waals surface area contributed by atoms with Gasteiger partial charge in [-0.15, -0.1) is 5.11 Å². The zero-order valence-corrected chi connectivity index (χ0v) is 4.16. The summed E-state index contributed by atoms with van der Waals surface area (Å²) in [6.07, 6.45) is 1.38. The van der Waals surface area contributed by atoms with Gasteiger partial charge in [0.25, 0.3) is 5.91 Å². The molecule has 0 fully saturated rings. The van der Waals surface area contributed by atoms with Gasteiger partial charge in [0.1, 0.15) is 0 Å². The van der Waals surface area contributed by atoms with Crippen LogP contribution in [0.2, 0.25) is 0 Å². The third kappa shape index (κ3) is 0.651. The van der Waals surface area contributed by atoms with Gasteiger partial charge >= 0.3 is 0 Å². The Bertz CT molecular complexity index is 170. The van der Waals surface area contributed by atoms with Crippen molar-refractivity contribution in [1.29, 1.82) is 0 Å². The summed E-state index contributed by atoms with van der Waals surface area (Å²) in [6, 6.07) is 0. The third-order valence-electron chi connectivity index (χ3n) is 0.857. The minimum atomic E-state index is -0.312. The number of nitrogens with two attached hydrogens (primary N) is 1. The van der Waals surface area contributed by atoms with Crippen molar-refractivity contribution in [3.63, 3.8) is 0 Å². The third-order valence-corrected chi connectivity index (χ3v) is 0.857. The molecule has 0 bridgehead atoms. The first-order chi connectivity index (χ1) is 3.84. The Morgan fingerprint density at radius 1 is 1.75 bits per heavy atom. The maximum Gasteiger partial charge on any atom is 0.294 e. The lowest BCUT2D eigenvalue weighted by molar-refractivity contribution is -0.114. The molecule has 0 aromatic rings. The zero-order chi connectivity index (χ0) is 5.98. The van der Waals surface area contributed by atoms with E-state index in [0.29, 0.717) is 5.57 Å². The van der Waals surface area contributed by atoms with Crippen molar-refractivity contribution in [2.24, 2.45) is 16.0 Å². The summed E-state index contributed by atoms with van der Waals surface area (Å²) in [5.41, 5.74) is 5.59. The van der Waals surface area contributed by atoms with E-state index in [0.717, 1.165) is 0 Å². The van der Waals surface area contributed by atoms with E-state index in [1.165, 1.54) is 6.20 Å². The number of azo groups is 1. The summed E-state index contributed by atoms with van der Waals surface area (Å²) < 4.78 is 0. The van der Waals surface area contributed by atoms with Gasteiger partial charge in [-0.2, -0.15) is 5.11 Å². The average molecular weight is 111 g/mol. The van der Waals surface area contributed by atoms with Crippen LogP contribution in [0.1, 0.15) is 0 Å². The summed E-state index contributed by atoms with van der Waals surface area (Å²) in [5.74, 6) is -0.312. The maximum atomic E-state index is 10.4. The molecule has 42 valence electrons. The molecule has 0 radical (unpaired) electrons. The van der Waals surface area contributed by atoms with Crippen LogP contribution in [-0.2, 0) is 4.79 Å². The molecule has 0 aromatic heterocycles. The van der Waals surface area contributed by atoms with Crippen LogP contribution in [0.15, 0.2) is 22.0 Å². The molecule has 0 atom stereocenters. The molecular formula is C4H5N3O. The molecule has 0 aromatic carbocycles. The van der Waals surface area contributed by atoms with Crippen LogP contribution < -0.4 is 5.73 Å². The van der Waals surface area contributed by atoms with Crippen molar-refractivity contribution in [3.8, 4) is 0 Å². The molecular weight excluding hydrogens is 106 g/mol. The number of hydrogen-bond donors (Lipinski definition) is 1. The molecule has 1 heterocycles. The number of hydrogen-bond acceptors (Lipinski definition) is 3. The number of carbonyl (C=O) groups excluding carboxylic acids is 1. The van der Waals surface area contributed by atoms with Gasteiger partial charge in [0.15, 0.2) is 0 Å². The van der Waals surface area contributed by atoms with E-state index in [2.05, 4.69) is 10.2 Å². The van der Waals surface area contributed by atoms with Crippen molar-refractivity contribution in [2.45, 2.75) is 0 Å². The summed E-state index contributed by atoms with van der Waals surface area (Å²) in [5, 5.41) is 6.55. The minimum absolute atomic E-state index is 0.228. The first-order valence-electron chi connectivity index (χ1n) is 2.19. The number of carbonyl (C=O) groups is 1. The Hall–Kier alpha value is -1.03. The normalized spacial score (nSPS) is 17.1. The Morgan fingerprint density at radius 3 is 2.75 bits per heavy atom. The first kappa shape index (κ1) is 5.11. The van der Waals surface area contributed by atoms with Crippen LogP contribution in [0, 0.1) is 0 Å². The van der Waals surface area contributed by atoms with Gasteiger partial charge in [-0.05, 0) is 0 Å². The van der Waals surface area contributed by atoms with E-state index in [9.17, 15) is 4.79 Å². The van der Waals surface area contributed by atoms with E-state index in [4.69, 9.17) is 5.73 Å². The van der Waals surface area contributed by atoms with Crippen LogP contribution in [0.3, 0.4) is 0 Å². The van der Waals surface area contributed by atoms with Crippen LogP contribution in [0.4, 0.5) is 0 Å². The second-order valence-electron chi connectivity index (χ2n) is 1.38. The second kappa shape index (κ2) is 1.83. The highest BCUT2D eigenvalue weighted by Gasteiger charge is 2.09. The molecule has 0 spiro atoms. The smallest absolute Gasteiger partial charge is 0.294 e. The predicted molar refractivity (Wildman–Crippen MR) is 27.0 cm³/mol. The minimum Gasteiger partial charge on any atom is -0.326 e. The Kier molecular flexibility index (Phi) is 1.17. The van der Waals surface area contributed by atoms with E-state index in [1.54, 1.807) is 0 Å². The first-order valence-corrected chi connectivity index (χ1v) is 2.19. The zero-order valence-electron chi connectivity index (χ0n) is 4.16. The molecule has 1 rings (SSSR count). The molecule has 0 saturated carbocycles. The Labute approximate surface area is 46.1 Å². The summed E-state index contributed by atoms with van der Waals surface area (Å²) >= 11 is 0. The average Bonchev–Trinajstić information content (AvgIpc) is 2.14. The van der Waals surface area contributed by atoms with Gasteiger partial charge in [-0.1, -0.05) is 0 Å². The van der Waals surface area contributed by atoms with E-state index in [1.807, 2.05) is 0 Å². The number of rotatable bonds is 1. The Morgan fingerprint density at radius 2 is 2.50 bits per heavy atom. The molecule has 0 aliphatic carbocycles. The van der Waals surface area contributed by atoms with Crippen molar-refractivity contribution < 1.29 is 4.79 Å². The highest BCUT2D eigenvalue weighted by atomic mass is 16.2. The lowest BCUT2D eigenvalue weighted by atomic mass is 10.3. The predicted octanol–water partition coefficient (Wildman–Crippen LogP) is -0.179. The SMILES string of the molecule is NCC1=CN=NC1=O. The molecule has 0 unspecified atom stereocenters. The van der Waals surface area contributed by atoms with Crippen LogP contribution in [0.25, 0.3) is 0 Å². The second-order valence-corrected chi connectivity index (χ2v) is 1.38. The largest absolute Gasteiger partial charge is 0.326 e. The lowest BCUT2D eigenvalue weighted by Gasteiger charge is -1.84. The number of nitrogens with zero attached hydrogens (tertiary/aromatic N) is 2. The molecule has 0 saturated heterocycles. The van der Waals surface area contributed by atoms with Gasteiger partial charge in [-0.3, -0.25) is 4.79 Å². The van der Waals surface area contributed by atoms with Crippen molar-refractivity contribution >= 4 is 5.91 Å². The van der Waals surface area contributed by atoms with Crippen molar-refractivity contribution in [3.05, 3.63) is 11.8 Å². The van der Waals surface area contributed by atoms with Crippen molar-refractivity contribution in [1.82, 2.24) is 0 Å². The van der Waals surface area contributed by atoms with Gasteiger partial charge in [-0.25, -0.2) is 0 Å². The lowest BCUT2D eigenvalue weighted by Crippen LogP contribution is -2.07. The van der Waals surface area contributed by atoms with Gasteiger partial charge < -0.3 is 5.73 Å². The summed E-state index contributed by atoms with van der Waals surface area (Å²) in [7, 11) is 0. The molecule has 4 heteroatoms. The van der Waals surface area contributed by atoms with Crippen LogP contribution in [-0.4, -0.2) is 12.5 Å². The molecule has 1 aliphatic rings. The molecule has 4 nitrogen and oxygen atoms in total. The molecule has 1 amide bonds. The quantitative estimate of drug-likeness (QED) is 0.510. The van der Waals surface area contributed by atoms with E-state index < -0.39 is 0 Å². The van der Waals surface area contributed by atoms with Crippen LogP contribution in [0.5, 0.6) is 0 Å². The molecule has 1 aliphatic heterocycles.